The van der Waals surface area contributed by atoms with Crippen LogP contribution in [0.3, 0.4) is 0 Å². The van der Waals surface area contributed by atoms with Crippen molar-refractivity contribution in [3.8, 4) is 6.01 Å². The van der Waals surface area contributed by atoms with Crippen molar-refractivity contribution in [1.82, 2.24) is 15.3 Å². The number of ether oxygens (including phenoxy) is 1. The van der Waals surface area contributed by atoms with Gasteiger partial charge in [0.2, 0.25) is 0 Å². The molecule has 5 nitrogen and oxygen atoms in total. The largest absolute Gasteiger partial charge is 0.467 e. The minimum Gasteiger partial charge on any atom is -0.467 e. The molecule has 0 saturated heterocycles. The molecule has 2 heterocycles. The van der Waals surface area contributed by atoms with E-state index in [0.717, 1.165) is 18.3 Å². The van der Waals surface area contributed by atoms with Crippen LogP contribution in [0.1, 0.15) is 12.8 Å². The fourth-order valence-electron chi connectivity index (χ4n) is 2.26. The number of anilines is 1. The molecule has 0 amide bonds. The van der Waals surface area contributed by atoms with Crippen LogP contribution in [0, 0.1) is 5.92 Å². The molecule has 0 unspecified atom stereocenters. The minimum absolute atomic E-state index is 0.166. The molecule has 2 aliphatic rings. The Balaban J connectivity index is 2.12. The highest BCUT2D eigenvalue weighted by molar-refractivity contribution is 5.52. The summed E-state index contributed by atoms with van der Waals surface area (Å²) in [6.07, 6.45) is 4.30. The summed E-state index contributed by atoms with van der Waals surface area (Å²) in [6, 6.07) is 0.210. The van der Waals surface area contributed by atoms with Gasteiger partial charge in [0.25, 0.3) is 0 Å². The molecule has 1 saturated carbocycles. The number of nitrogens with zero attached hydrogens (tertiary/aromatic N) is 3. The third-order valence-corrected chi connectivity index (χ3v) is 3.44. The lowest BCUT2D eigenvalue weighted by atomic mass is 10.2. The van der Waals surface area contributed by atoms with Gasteiger partial charge in [-0.25, -0.2) is 4.39 Å². The van der Waals surface area contributed by atoms with Crippen LogP contribution >= 0.6 is 0 Å². The molecule has 1 fully saturated rings. The van der Waals surface area contributed by atoms with E-state index in [-0.39, 0.29) is 18.4 Å². The molecular weight excluding hydrogens is 247 g/mol. The Labute approximate surface area is 110 Å². The first-order valence-corrected chi connectivity index (χ1v) is 6.44. The van der Waals surface area contributed by atoms with Crippen molar-refractivity contribution in [3.05, 3.63) is 10.6 Å². The van der Waals surface area contributed by atoms with Gasteiger partial charge >= 0.3 is 6.01 Å². The molecule has 1 aromatic heterocycles. The molecule has 102 valence electrons. The maximum atomic E-state index is 13.9. The lowest BCUT2D eigenvalue weighted by molar-refractivity contribution is 0.377. The van der Waals surface area contributed by atoms with Crippen LogP contribution < -0.4 is 25.5 Å². The lowest BCUT2D eigenvalue weighted by Crippen LogP contribution is -2.43. The number of nitrogens with one attached hydrogen (secondary N) is 1. The molecule has 3 rings (SSSR count). The van der Waals surface area contributed by atoms with Crippen molar-refractivity contribution in [1.29, 1.82) is 0 Å². The van der Waals surface area contributed by atoms with Gasteiger partial charge in [-0.15, -0.1) is 0 Å². The van der Waals surface area contributed by atoms with Gasteiger partial charge in [0, 0.05) is 19.8 Å². The summed E-state index contributed by atoms with van der Waals surface area (Å²) >= 11 is 0. The van der Waals surface area contributed by atoms with Crippen molar-refractivity contribution >= 4 is 17.8 Å². The zero-order valence-corrected chi connectivity index (χ0v) is 11.1. The smallest absolute Gasteiger partial charge is 0.318 e. The van der Waals surface area contributed by atoms with Crippen LogP contribution in [0.25, 0.3) is 12.0 Å². The molecule has 0 bridgehead atoms. The molecule has 0 aromatic carbocycles. The molecule has 1 N–H and O–H groups in total. The van der Waals surface area contributed by atoms with Gasteiger partial charge in [-0.2, -0.15) is 9.97 Å². The highest BCUT2D eigenvalue weighted by atomic mass is 19.1. The van der Waals surface area contributed by atoms with Crippen molar-refractivity contribution in [3.63, 3.8) is 0 Å². The summed E-state index contributed by atoms with van der Waals surface area (Å²) < 4.78 is 19.0. The number of methoxy groups -OCH3 is 1. The quantitative estimate of drug-likeness (QED) is 0.813. The average molecular weight is 264 g/mol. The SMILES string of the molecule is COc1nc(N(C)CC2CC2)c2c(n1)=C(F)CNC=2. The standard InChI is InChI=1S/C13H17FN4O/c1-18(7-8-3-4-8)12-9-5-15-6-10(14)11(9)16-13(17-12)19-2/h5,8,15H,3-4,6-7H2,1-2H3. The summed E-state index contributed by atoms with van der Waals surface area (Å²) in [5.41, 5.74) is 0. The van der Waals surface area contributed by atoms with Gasteiger partial charge < -0.3 is 15.0 Å². The molecule has 0 spiro atoms. The number of rotatable bonds is 4. The Kier molecular flexibility index (Phi) is 3.00. The van der Waals surface area contributed by atoms with Crippen LogP contribution in [0.15, 0.2) is 0 Å². The van der Waals surface area contributed by atoms with Crippen molar-refractivity contribution in [2.24, 2.45) is 5.92 Å². The Hall–Kier alpha value is -1.85. The first-order chi connectivity index (χ1) is 9.19. The zero-order valence-electron chi connectivity index (χ0n) is 11.1. The van der Waals surface area contributed by atoms with Gasteiger partial charge in [0.1, 0.15) is 17.0 Å². The zero-order chi connectivity index (χ0) is 13.4. The van der Waals surface area contributed by atoms with E-state index in [2.05, 4.69) is 20.2 Å². The lowest BCUT2D eigenvalue weighted by Gasteiger charge is -2.20. The first-order valence-electron chi connectivity index (χ1n) is 6.44. The van der Waals surface area contributed by atoms with Gasteiger partial charge in [0.05, 0.1) is 18.9 Å². The molecule has 19 heavy (non-hydrogen) atoms. The molecule has 1 aliphatic carbocycles. The van der Waals surface area contributed by atoms with E-state index >= 15 is 0 Å². The van der Waals surface area contributed by atoms with E-state index in [1.54, 1.807) is 6.20 Å². The Bertz CT molecular complexity index is 612. The fraction of sp³-hybridized carbons (Fsp3) is 0.538. The van der Waals surface area contributed by atoms with Gasteiger partial charge in [0.15, 0.2) is 0 Å². The maximum Gasteiger partial charge on any atom is 0.318 e. The Morgan fingerprint density at radius 1 is 1.47 bits per heavy atom. The fourth-order valence-corrected chi connectivity index (χ4v) is 2.26. The molecule has 1 aromatic rings. The summed E-state index contributed by atoms with van der Waals surface area (Å²) in [5.74, 6) is 1.17. The molecule has 6 heteroatoms. The first kappa shape index (κ1) is 12.2. The van der Waals surface area contributed by atoms with Gasteiger partial charge in [-0.05, 0) is 18.8 Å². The second kappa shape index (κ2) is 4.68. The monoisotopic (exact) mass is 264 g/mol. The third-order valence-electron chi connectivity index (χ3n) is 3.44. The number of hydrogen-bond donors (Lipinski definition) is 1. The third kappa shape index (κ3) is 2.34. The summed E-state index contributed by atoms with van der Waals surface area (Å²) in [4.78, 5) is 10.5. The van der Waals surface area contributed by atoms with Crippen LogP contribution in [0.4, 0.5) is 10.2 Å². The van der Waals surface area contributed by atoms with Crippen LogP contribution in [-0.4, -0.2) is 37.2 Å². The highest BCUT2D eigenvalue weighted by Gasteiger charge is 2.24. The van der Waals surface area contributed by atoms with Crippen molar-refractivity contribution in [2.75, 3.05) is 32.1 Å². The van der Waals surface area contributed by atoms with Crippen molar-refractivity contribution < 1.29 is 9.13 Å². The normalized spacial score (nSPS) is 17.3. The molecular formula is C13H17FN4O. The molecule has 0 radical (unpaired) electrons. The van der Waals surface area contributed by atoms with Gasteiger partial charge in [-0.1, -0.05) is 0 Å². The predicted molar refractivity (Wildman–Crippen MR) is 70.8 cm³/mol. The topological polar surface area (TPSA) is 50.3 Å². The number of hydrogen-bond acceptors (Lipinski definition) is 5. The number of aromatic nitrogens is 2. The minimum atomic E-state index is -0.278. The van der Waals surface area contributed by atoms with Gasteiger partial charge in [-0.3, -0.25) is 0 Å². The Morgan fingerprint density at radius 3 is 2.95 bits per heavy atom. The number of halogens is 1. The van der Waals surface area contributed by atoms with Crippen LogP contribution in [-0.2, 0) is 0 Å². The summed E-state index contributed by atoms with van der Waals surface area (Å²) in [7, 11) is 3.47. The summed E-state index contributed by atoms with van der Waals surface area (Å²) in [6.45, 7) is 1.10. The van der Waals surface area contributed by atoms with E-state index in [0.29, 0.717) is 10.6 Å². The van der Waals surface area contributed by atoms with E-state index in [4.69, 9.17) is 4.74 Å². The second-order valence-corrected chi connectivity index (χ2v) is 5.05. The average Bonchev–Trinajstić information content (AvgIpc) is 3.22. The van der Waals surface area contributed by atoms with E-state index in [1.165, 1.54) is 20.0 Å². The second-order valence-electron chi connectivity index (χ2n) is 5.05. The van der Waals surface area contributed by atoms with E-state index in [9.17, 15) is 4.39 Å². The maximum absolute atomic E-state index is 13.9. The van der Waals surface area contributed by atoms with Crippen molar-refractivity contribution in [2.45, 2.75) is 12.8 Å². The predicted octanol–water partition coefficient (Wildman–Crippen LogP) is -0.250. The van der Waals surface area contributed by atoms with Crippen LogP contribution in [0.2, 0.25) is 0 Å². The summed E-state index contributed by atoms with van der Waals surface area (Å²) in [5, 5.41) is 3.95. The molecule has 1 aliphatic heterocycles. The highest BCUT2D eigenvalue weighted by Crippen LogP contribution is 2.30. The Morgan fingerprint density at radius 2 is 2.26 bits per heavy atom. The van der Waals surface area contributed by atoms with E-state index in [1.807, 2.05) is 7.05 Å². The van der Waals surface area contributed by atoms with Crippen LogP contribution in [0.5, 0.6) is 6.01 Å². The number of fused-ring (bicyclic) bond motifs is 1. The molecule has 0 atom stereocenters. The van der Waals surface area contributed by atoms with E-state index < -0.39 is 0 Å².